The van der Waals surface area contributed by atoms with E-state index in [0.29, 0.717) is 17.3 Å². The van der Waals surface area contributed by atoms with Gasteiger partial charge in [0.25, 0.3) is 5.91 Å². The van der Waals surface area contributed by atoms with Gasteiger partial charge in [-0.1, -0.05) is 19.9 Å². The first-order valence-corrected chi connectivity index (χ1v) is 7.15. The number of carbonyl (C=O) groups excluding carboxylic acids is 3. The molecule has 0 atom stereocenters. The van der Waals surface area contributed by atoms with Crippen LogP contribution >= 0.6 is 11.3 Å². The molecule has 0 aliphatic carbocycles. The number of esters is 1. The normalized spacial score (nSPS) is 10.2. The van der Waals surface area contributed by atoms with Gasteiger partial charge in [0.1, 0.15) is 4.88 Å². The minimum Gasteiger partial charge on any atom is -0.451 e. The van der Waals surface area contributed by atoms with Crippen LogP contribution in [0.3, 0.4) is 0 Å². The first kappa shape index (κ1) is 16.2. The third kappa shape index (κ3) is 6.33. The molecule has 0 fully saturated rings. The number of carbonyl (C=O) groups is 3. The van der Waals surface area contributed by atoms with Crippen molar-refractivity contribution in [1.29, 1.82) is 0 Å². The van der Waals surface area contributed by atoms with E-state index < -0.39 is 24.5 Å². The van der Waals surface area contributed by atoms with Crippen molar-refractivity contribution < 1.29 is 19.1 Å². The Bertz CT molecular complexity index is 457. The number of hydrogen-bond acceptors (Lipinski definition) is 5. The van der Waals surface area contributed by atoms with E-state index >= 15 is 0 Å². The van der Waals surface area contributed by atoms with Crippen molar-refractivity contribution in [2.45, 2.75) is 20.3 Å². The Morgan fingerprint density at radius 2 is 2.10 bits per heavy atom. The monoisotopic (exact) mass is 298 g/mol. The van der Waals surface area contributed by atoms with Gasteiger partial charge in [-0.25, -0.2) is 9.59 Å². The second-order valence-electron chi connectivity index (χ2n) is 4.54. The molecule has 3 amide bonds. The van der Waals surface area contributed by atoms with E-state index in [4.69, 9.17) is 4.74 Å². The Labute approximate surface area is 121 Å². The minimum atomic E-state index is -0.656. The van der Waals surface area contributed by atoms with Gasteiger partial charge in [0.05, 0.1) is 0 Å². The number of amides is 3. The summed E-state index contributed by atoms with van der Waals surface area (Å²) in [5.41, 5.74) is 0. The van der Waals surface area contributed by atoms with E-state index in [1.165, 1.54) is 11.3 Å². The highest BCUT2D eigenvalue weighted by molar-refractivity contribution is 7.11. The van der Waals surface area contributed by atoms with Crippen LogP contribution in [0.1, 0.15) is 29.9 Å². The highest BCUT2D eigenvalue weighted by atomic mass is 32.1. The maximum Gasteiger partial charge on any atom is 0.348 e. The first-order chi connectivity index (χ1) is 9.49. The topological polar surface area (TPSA) is 84.5 Å². The molecule has 110 valence electrons. The van der Waals surface area contributed by atoms with Crippen LogP contribution in [0.5, 0.6) is 0 Å². The predicted molar refractivity (Wildman–Crippen MR) is 75.6 cm³/mol. The van der Waals surface area contributed by atoms with Crippen LogP contribution in [0.2, 0.25) is 0 Å². The van der Waals surface area contributed by atoms with Crippen molar-refractivity contribution in [1.82, 2.24) is 10.6 Å². The van der Waals surface area contributed by atoms with Gasteiger partial charge in [0.15, 0.2) is 6.61 Å². The smallest absolute Gasteiger partial charge is 0.348 e. The molecule has 0 unspecified atom stereocenters. The van der Waals surface area contributed by atoms with Crippen LogP contribution in [0, 0.1) is 5.92 Å². The predicted octanol–water partition coefficient (Wildman–Crippen LogP) is 1.78. The van der Waals surface area contributed by atoms with Crippen molar-refractivity contribution in [3.05, 3.63) is 22.4 Å². The molecule has 0 spiro atoms. The van der Waals surface area contributed by atoms with E-state index in [1.54, 1.807) is 17.5 Å². The lowest BCUT2D eigenvalue weighted by atomic mass is 10.1. The molecule has 1 rings (SSSR count). The standard InChI is InChI=1S/C13H18N2O4S/c1-9(2)5-6-14-13(18)15-11(16)8-19-12(17)10-4-3-7-20-10/h3-4,7,9H,5-6,8H2,1-2H3,(H2,14,15,16,18). The number of hydrogen-bond donors (Lipinski definition) is 2. The van der Waals surface area contributed by atoms with Gasteiger partial charge in [0.2, 0.25) is 0 Å². The zero-order chi connectivity index (χ0) is 15.0. The molecule has 6 nitrogen and oxygen atoms in total. The summed E-state index contributed by atoms with van der Waals surface area (Å²) in [6.07, 6.45) is 0.828. The van der Waals surface area contributed by atoms with Crippen LogP contribution in [-0.2, 0) is 9.53 Å². The average Bonchev–Trinajstić information content (AvgIpc) is 2.89. The molecule has 0 radical (unpaired) electrons. The third-order valence-electron chi connectivity index (χ3n) is 2.32. The molecule has 0 aliphatic rings. The second-order valence-corrected chi connectivity index (χ2v) is 5.49. The van der Waals surface area contributed by atoms with Crippen LogP contribution in [0.25, 0.3) is 0 Å². The molecule has 0 saturated carbocycles. The number of imide groups is 1. The van der Waals surface area contributed by atoms with Gasteiger partial charge < -0.3 is 10.1 Å². The largest absolute Gasteiger partial charge is 0.451 e. The van der Waals surface area contributed by atoms with Gasteiger partial charge in [-0.05, 0) is 23.8 Å². The van der Waals surface area contributed by atoms with Crippen LogP contribution in [0.4, 0.5) is 4.79 Å². The molecule has 1 aromatic heterocycles. The number of urea groups is 1. The number of rotatable bonds is 6. The molecule has 20 heavy (non-hydrogen) atoms. The lowest BCUT2D eigenvalue weighted by Crippen LogP contribution is -2.41. The molecule has 0 bridgehead atoms. The lowest BCUT2D eigenvalue weighted by Gasteiger charge is -2.08. The summed E-state index contributed by atoms with van der Waals surface area (Å²) in [6, 6.07) is 2.73. The fraction of sp³-hybridized carbons (Fsp3) is 0.462. The minimum absolute atomic E-state index is 0.416. The van der Waals surface area contributed by atoms with Crippen molar-refractivity contribution in [2.24, 2.45) is 5.92 Å². The van der Waals surface area contributed by atoms with Gasteiger partial charge in [0, 0.05) is 6.54 Å². The molecule has 2 N–H and O–H groups in total. The number of ether oxygens (including phenoxy) is 1. The van der Waals surface area contributed by atoms with Crippen LogP contribution < -0.4 is 10.6 Å². The summed E-state index contributed by atoms with van der Waals surface area (Å²) >= 11 is 1.22. The fourth-order valence-corrected chi connectivity index (χ4v) is 1.89. The Morgan fingerprint density at radius 1 is 1.35 bits per heavy atom. The molecule has 0 aromatic carbocycles. The summed E-state index contributed by atoms with van der Waals surface area (Å²) in [7, 11) is 0. The maximum absolute atomic E-state index is 11.5. The van der Waals surface area contributed by atoms with E-state index in [0.717, 1.165) is 6.42 Å². The molecular weight excluding hydrogens is 280 g/mol. The summed E-state index contributed by atoms with van der Waals surface area (Å²) in [5, 5.41) is 6.38. The second kappa shape index (κ2) is 8.31. The third-order valence-corrected chi connectivity index (χ3v) is 3.17. The van der Waals surface area contributed by atoms with E-state index in [1.807, 2.05) is 13.8 Å². The summed E-state index contributed by atoms with van der Waals surface area (Å²) < 4.78 is 4.77. The zero-order valence-electron chi connectivity index (χ0n) is 11.5. The Balaban J connectivity index is 2.20. The van der Waals surface area contributed by atoms with Crippen LogP contribution in [-0.4, -0.2) is 31.1 Å². The molecule has 0 aliphatic heterocycles. The molecule has 7 heteroatoms. The maximum atomic E-state index is 11.5. The average molecular weight is 298 g/mol. The Morgan fingerprint density at radius 3 is 2.70 bits per heavy atom. The van der Waals surface area contributed by atoms with Crippen molar-refractivity contribution in [2.75, 3.05) is 13.2 Å². The molecular formula is C13H18N2O4S. The Kier molecular flexibility index (Phi) is 6.72. The summed E-state index contributed by atoms with van der Waals surface area (Å²) in [6.45, 7) is 4.09. The van der Waals surface area contributed by atoms with Gasteiger partial charge in [-0.2, -0.15) is 0 Å². The van der Waals surface area contributed by atoms with E-state index in [9.17, 15) is 14.4 Å². The summed E-state index contributed by atoms with van der Waals surface area (Å²) in [4.78, 5) is 34.6. The molecule has 1 heterocycles. The quantitative estimate of drug-likeness (QED) is 0.784. The highest BCUT2D eigenvalue weighted by Crippen LogP contribution is 2.09. The first-order valence-electron chi connectivity index (χ1n) is 6.27. The van der Waals surface area contributed by atoms with Gasteiger partial charge in [-0.15, -0.1) is 11.3 Å². The SMILES string of the molecule is CC(C)CCNC(=O)NC(=O)COC(=O)c1cccs1. The highest BCUT2D eigenvalue weighted by Gasteiger charge is 2.12. The van der Waals surface area contributed by atoms with E-state index in [2.05, 4.69) is 10.6 Å². The van der Waals surface area contributed by atoms with Gasteiger partial charge in [-0.3, -0.25) is 10.1 Å². The fourth-order valence-electron chi connectivity index (χ4n) is 1.28. The van der Waals surface area contributed by atoms with Crippen LogP contribution in [0.15, 0.2) is 17.5 Å². The lowest BCUT2D eigenvalue weighted by molar-refractivity contribution is -0.123. The van der Waals surface area contributed by atoms with Crippen molar-refractivity contribution in [3.63, 3.8) is 0 Å². The number of nitrogens with one attached hydrogen (secondary N) is 2. The van der Waals surface area contributed by atoms with Gasteiger partial charge >= 0.3 is 12.0 Å². The number of thiophene rings is 1. The molecule has 1 aromatic rings. The van der Waals surface area contributed by atoms with Crippen molar-refractivity contribution in [3.8, 4) is 0 Å². The Hall–Kier alpha value is -1.89. The van der Waals surface area contributed by atoms with E-state index in [-0.39, 0.29) is 0 Å². The summed E-state index contributed by atoms with van der Waals surface area (Å²) in [5.74, 6) is -0.759. The molecule has 0 saturated heterocycles. The zero-order valence-corrected chi connectivity index (χ0v) is 12.3. The van der Waals surface area contributed by atoms with Crippen molar-refractivity contribution >= 4 is 29.2 Å².